The van der Waals surface area contributed by atoms with Crippen molar-refractivity contribution in [1.82, 2.24) is 4.90 Å². The lowest BCUT2D eigenvalue weighted by Gasteiger charge is -2.33. The third-order valence-corrected chi connectivity index (χ3v) is 9.83. The molecule has 0 aliphatic carbocycles. The zero-order chi connectivity index (χ0) is 31.5. The Kier molecular flexibility index (Phi) is 9.29. The van der Waals surface area contributed by atoms with Gasteiger partial charge in [-0.1, -0.05) is 30.3 Å². The van der Waals surface area contributed by atoms with Crippen LogP contribution in [-0.2, 0) is 19.4 Å². The number of likely N-dealkylation sites (tertiary alicyclic amines) is 1. The van der Waals surface area contributed by atoms with Gasteiger partial charge in [0.25, 0.3) is 0 Å². The maximum absolute atomic E-state index is 14.5. The van der Waals surface area contributed by atoms with E-state index in [9.17, 15) is 27.9 Å². The first kappa shape index (κ1) is 31.4. The van der Waals surface area contributed by atoms with Gasteiger partial charge >= 0.3 is 5.97 Å². The Morgan fingerprint density at radius 2 is 1.67 bits per heavy atom. The first-order chi connectivity index (χ1) is 20.4. The Hall–Kier alpha value is -4.58. The lowest BCUT2D eigenvalue weighted by molar-refractivity contribution is -0.143. The van der Waals surface area contributed by atoms with Gasteiger partial charge in [-0.05, 0) is 67.8 Å². The molecule has 4 rings (SSSR count). The minimum Gasteiger partial charge on any atom is -0.493 e. The number of aliphatic carboxylic acids is 1. The van der Waals surface area contributed by atoms with Crippen molar-refractivity contribution >= 4 is 33.3 Å². The lowest BCUT2D eigenvalue weighted by atomic mass is 9.93. The number of hydrogen-bond acceptors (Lipinski definition) is 8. The normalized spacial score (nSPS) is 17.4. The third kappa shape index (κ3) is 6.29. The predicted octanol–water partition coefficient (Wildman–Crippen LogP) is 3.81. The summed E-state index contributed by atoms with van der Waals surface area (Å²) in [4.78, 5) is 40.2. The molecule has 1 fully saturated rings. The summed E-state index contributed by atoms with van der Waals surface area (Å²) in [6, 6.07) is 15.4. The van der Waals surface area contributed by atoms with Gasteiger partial charge in [0.15, 0.2) is 21.3 Å². The van der Waals surface area contributed by atoms with E-state index in [0.717, 1.165) is 0 Å². The molecular weight excluding hydrogens is 574 g/mol. The van der Waals surface area contributed by atoms with Crippen molar-refractivity contribution in [2.24, 2.45) is 11.7 Å². The topological polar surface area (TPSA) is 165 Å². The van der Waals surface area contributed by atoms with Crippen molar-refractivity contribution in [2.45, 2.75) is 42.5 Å². The van der Waals surface area contributed by atoms with Crippen LogP contribution < -0.4 is 20.5 Å². The number of nitrogens with two attached hydrogens (primary N) is 1. The van der Waals surface area contributed by atoms with Crippen LogP contribution in [0.4, 0.5) is 5.69 Å². The molecule has 4 N–H and O–H groups in total. The zero-order valence-corrected chi connectivity index (χ0v) is 25.1. The summed E-state index contributed by atoms with van der Waals surface area (Å²) in [5, 5.41) is 12.6. The summed E-state index contributed by atoms with van der Waals surface area (Å²) < 4.78 is 37.5. The van der Waals surface area contributed by atoms with Gasteiger partial charge in [0.05, 0.1) is 36.3 Å². The molecule has 3 aromatic carbocycles. The summed E-state index contributed by atoms with van der Waals surface area (Å²) in [6.45, 7) is 3.18. The molecule has 0 radical (unpaired) electrons. The molecule has 1 saturated heterocycles. The molecule has 1 aliphatic heterocycles. The number of sulfone groups is 1. The molecule has 3 atom stereocenters. The van der Waals surface area contributed by atoms with Gasteiger partial charge < -0.3 is 30.5 Å². The Labute approximate surface area is 250 Å². The molecule has 228 valence electrons. The van der Waals surface area contributed by atoms with Crippen LogP contribution in [-0.4, -0.2) is 62.2 Å². The minimum atomic E-state index is -3.81. The van der Waals surface area contributed by atoms with Crippen molar-refractivity contribution in [1.29, 1.82) is 0 Å². The van der Waals surface area contributed by atoms with Crippen LogP contribution in [0.25, 0.3) is 0 Å². The van der Waals surface area contributed by atoms with Crippen molar-refractivity contribution in [3.8, 4) is 11.5 Å². The summed E-state index contributed by atoms with van der Waals surface area (Å²) in [6.07, 6.45) is 0.123. The molecule has 3 unspecified atom stereocenters. The molecule has 0 bridgehead atoms. The van der Waals surface area contributed by atoms with E-state index in [-0.39, 0.29) is 29.0 Å². The Morgan fingerprint density at radius 1 is 0.977 bits per heavy atom. The maximum atomic E-state index is 14.5. The van der Waals surface area contributed by atoms with E-state index in [1.54, 1.807) is 68.4 Å². The van der Waals surface area contributed by atoms with Crippen LogP contribution in [0.5, 0.6) is 11.5 Å². The predicted molar refractivity (Wildman–Crippen MR) is 160 cm³/mol. The molecule has 2 amide bonds. The van der Waals surface area contributed by atoms with E-state index in [1.165, 1.54) is 31.3 Å². The minimum absolute atomic E-state index is 0.00858. The number of amides is 2. The highest BCUT2D eigenvalue weighted by Crippen LogP contribution is 2.43. The monoisotopic (exact) mass is 609 g/mol. The first-order valence-electron chi connectivity index (χ1n) is 13.6. The number of primary amides is 1. The molecule has 0 spiro atoms. The van der Waals surface area contributed by atoms with Gasteiger partial charge in [-0.3, -0.25) is 14.4 Å². The number of nitrogens with one attached hydrogen (secondary N) is 1. The zero-order valence-electron chi connectivity index (χ0n) is 24.3. The lowest BCUT2D eigenvalue weighted by Crippen LogP contribution is -2.40. The van der Waals surface area contributed by atoms with Crippen molar-refractivity contribution in [3.63, 3.8) is 0 Å². The van der Waals surface area contributed by atoms with Crippen LogP contribution in [0.2, 0.25) is 0 Å². The smallest absolute Gasteiger partial charge is 0.309 e. The average molecular weight is 610 g/mol. The number of methoxy groups -OCH3 is 2. The number of carbonyl (C=O) groups excluding carboxylic acids is 2. The molecule has 11 nitrogen and oxygen atoms in total. The molecule has 3 aromatic rings. The van der Waals surface area contributed by atoms with Gasteiger partial charge in [0.2, 0.25) is 11.8 Å². The van der Waals surface area contributed by atoms with Crippen LogP contribution in [0, 0.1) is 5.92 Å². The quantitative estimate of drug-likeness (QED) is 0.293. The number of carboxylic acids is 1. The first-order valence-corrected chi connectivity index (χ1v) is 15.2. The van der Waals surface area contributed by atoms with Gasteiger partial charge in [0.1, 0.15) is 6.04 Å². The molecular formula is C31H35N3O8S. The van der Waals surface area contributed by atoms with E-state index in [1.807, 2.05) is 0 Å². The highest BCUT2D eigenvalue weighted by atomic mass is 32.2. The molecule has 0 aromatic heterocycles. The largest absolute Gasteiger partial charge is 0.493 e. The highest BCUT2D eigenvalue weighted by Gasteiger charge is 2.46. The van der Waals surface area contributed by atoms with E-state index < -0.39 is 50.9 Å². The van der Waals surface area contributed by atoms with Crippen LogP contribution in [0.15, 0.2) is 71.6 Å². The summed E-state index contributed by atoms with van der Waals surface area (Å²) >= 11 is 0. The third-order valence-electron chi connectivity index (χ3n) is 7.61. The van der Waals surface area contributed by atoms with Crippen LogP contribution in [0.1, 0.15) is 53.8 Å². The second-order valence-corrected chi connectivity index (χ2v) is 13.0. The van der Waals surface area contributed by atoms with Crippen molar-refractivity contribution < 1.29 is 37.4 Å². The van der Waals surface area contributed by atoms with E-state index >= 15 is 0 Å². The second kappa shape index (κ2) is 12.7. The molecule has 1 aliphatic rings. The fourth-order valence-corrected chi connectivity index (χ4v) is 6.63. The molecule has 12 heteroatoms. The van der Waals surface area contributed by atoms with E-state index in [2.05, 4.69) is 5.32 Å². The van der Waals surface area contributed by atoms with Gasteiger partial charge in [-0.25, -0.2) is 8.42 Å². The van der Waals surface area contributed by atoms with Crippen LogP contribution >= 0.6 is 0 Å². The standard InChI is InChI=1S/C31H35N3O8S/c1-18(2)43(39,40)26-11-6-5-10-22(26)28-23(31(37)38)14-15-34(28)30(36)27(19-12-13-24(41-3)25(17-19)42-4)33-21-9-7-8-20(16-21)29(32)35/h5-13,16-18,23,27-28,33H,14-15H2,1-4H3,(H2,32,35)(H,37,38). The fraction of sp³-hybridized carbons (Fsp3) is 0.323. The van der Waals surface area contributed by atoms with Crippen molar-refractivity contribution in [2.75, 3.05) is 26.1 Å². The SMILES string of the molecule is COc1ccc(C(Nc2cccc(C(N)=O)c2)C(=O)N2CCC(C(=O)O)C2c2ccccc2S(=O)(=O)C(C)C)cc1OC. The Bertz CT molecular complexity index is 1640. The highest BCUT2D eigenvalue weighted by molar-refractivity contribution is 7.92. The van der Waals surface area contributed by atoms with E-state index in [0.29, 0.717) is 22.7 Å². The van der Waals surface area contributed by atoms with Gasteiger partial charge in [0, 0.05) is 17.8 Å². The van der Waals surface area contributed by atoms with Gasteiger partial charge in [-0.15, -0.1) is 0 Å². The summed E-state index contributed by atoms with van der Waals surface area (Å²) in [5.74, 6) is -2.53. The van der Waals surface area contributed by atoms with E-state index in [4.69, 9.17) is 15.2 Å². The number of ether oxygens (including phenoxy) is 2. The summed E-state index contributed by atoms with van der Waals surface area (Å²) in [7, 11) is -0.871. The number of rotatable bonds is 11. The van der Waals surface area contributed by atoms with Crippen LogP contribution in [0.3, 0.4) is 0 Å². The summed E-state index contributed by atoms with van der Waals surface area (Å²) in [5.41, 5.74) is 6.82. The Morgan fingerprint density at radius 3 is 2.30 bits per heavy atom. The number of benzene rings is 3. The second-order valence-electron chi connectivity index (χ2n) is 10.5. The number of carboxylic acid groups (broad SMARTS) is 1. The molecule has 1 heterocycles. The average Bonchev–Trinajstić information content (AvgIpc) is 3.45. The van der Waals surface area contributed by atoms with Gasteiger partial charge in [-0.2, -0.15) is 0 Å². The molecule has 43 heavy (non-hydrogen) atoms. The molecule has 0 saturated carbocycles. The Balaban J connectivity index is 1.86. The fourth-order valence-electron chi connectivity index (χ4n) is 5.34. The number of carbonyl (C=O) groups is 3. The van der Waals surface area contributed by atoms with Crippen molar-refractivity contribution in [3.05, 3.63) is 83.4 Å². The number of anilines is 1. The number of hydrogen-bond donors (Lipinski definition) is 3. The number of nitrogens with zero attached hydrogens (tertiary/aromatic N) is 1. The maximum Gasteiger partial charge on any atom is 0.309 e.